The van der Waals surface area contributed by atoms with Crippen molar-refractivity contribution in [2.45, 2.75) is 0 Å². The van der Waals surface area contributed by atoms with Gasteiger partial charge >= 0.3 is 0 Å². The summed E-state index contributed by atoms with van der Waals surface area (Å²) < 4.78 is 13.6. The monoisotopic (exact) mass is 456 g/mol. The van der Waals surface area contributed by atoms with Gasteiger partial charge in [0, 0.05) is 11.4 Å². The number of nitrogens with zero attached hydrogens (tertiary/aromatic N) is 2. The summed E-state index contributed by atoms with van der Waals surface area (Å²) in [6, 6.07) is 42.2. The Kier molecular flexibility index (Phi) is 4.32. The minimum atomic E-state index is 0.859. The second-order valence-electron chi connectivity index (χ2n) is 8.24. The molecule has 7 rings (SSSR count). The molecule has 5 aromatic carbocycles. The van der Waals surface area contributed by atoms with E-state index in [-0.39, 0.29) is 0 Å². The zero-order valence-electron chi connectivity index (χ0n) is 18.3. The van der Waals surface area contributed by atoms with Gasteiger partial charge in [-0.2, -0.15) is 0 Å². The van der Waals surface area contributed by atoms with E-state index in [1.165, 1.54) is 10.2 Å². The minimum absolute atomic E-state index is 0.859. The Balaban J connectivity index is 1.71. The van der Waals surface area contributed by atoms with E-state index in [0.29, 0.717) is 0 Å². The van der Waals surface area contributed by atoms with Crippen LogP contribution in [-0.4, -0.2) is 9.13 Å². The summed E-state index contributed by atoms with van der Waals surface area (Å²) in [6.45, 7) is 0. The van der Waals surface area contributed by atoms with Gasteiger partial charge in [0.2, 0.25) is 0 Å². The Morgan fingerprint density at radius 2 is 1.03 bits per heavy atom. The first-order valence-corrected chi connectivity index (χ1v) is 12.1. The molecule has 0 aliphatic carbocycles. The van der Waals surface area contributed by atoms with Gasteiger partial charge in [0.1, 0.15) is 0 Å². The topological polar surface area (TPSA) is 23.0 Å². The van der Waals surface area contributed by atoms with Crippen molar-refractivity contribution in [2.75, 3.05) is 0 Å². The molecule has 0 N–H and O–H groups in total. The summed E-state index contributed by atoms with van der Waals surface area (Å²) in [4.78, 5) is 0. The number of benzene rings is 5. The molecule has 34 heavy (non-hydrogen) atoms. The third-order valence-corrected chi connectivity index (χ3v) is 7.38. The molecule has 0 saturated carbocycles. The van der Waals surface area contributed by atoms with Gasteiger partial charge in [0.05, 0.1) is 31.5 Å². The summed E-state index contributed by atoms with van der Waals surface area (Å²) in [5, 5.41) is 0. The smallest absolute Gasteiger partial charge is 0.170 e. The van der Waals surface area contributed by atoms with Gasteiger partial charge in [-0.3, -0.25) is 0 Å². The first-order valence-electron chi connectivity index (χ1n) is 11.3. The van der Waals surface area contributed by atoms with Crippen LogP contribution in [0.25, 0.3) is 54.0 Å². The van der Waals surface area contributed by atoms with E-state index >= 15 is 0 Å². The highest BCUT2D eigenvalue weighted by molar-refractivity contribution is 7.25. The number of hydrogen-bond acceptors (Lipinski definition) is 2. The van der Waals surface area contributed by atoms with Crippen LogP contribution in [0.3, 0.4) is 0 Å². The molecule has 0 radical (unpaired) electrons. The number of aromatic nitrogens is 2. The Morgan fingerprint density at radius 3 is 1.76 bits per heavy atom. The van der Waals surface area contributed by atoms with Crippen molar-refractivity contribution in [3.63, 3.8) is 0 Å². The summed E-state index contributed by atoms with van der Waals surface area (Å²) in [7, 11) is 0. The van der Waals surface area contributed by atoms with Gasteiger partial charge in [-0.25, -0.2) is 0 Å². The fraction of sp³-hybridized carbons (Fsp3) is 0. The Morgan fingerprint density at radius 1 is 0.471 bits per heavy atom. The number of rotatable bonds is 2. The van der Waals surface area contributed by atoms with E-state index in [4.69, 9.17) is 4.42 Å². The summed E-state index contributed by atoms with van der Waals surface area (Å²) in [5.74, 6) is 0. The van der Waals surface area contributed by atoms with Gasteiger partial charge in [-0.05, 0) is 60.7 Å². The fourth-order valence-corrected chi connectivity index (χ4v) is 5.87. The summed E-state index contributed by atoms with van der Waals surface area (Å²) in [5.41, 5.74) is 8.39. The van der Waals surface area contributed by atoms with Crippen LogP contribution in [0.5, 0.6) is 0 Å². The zero-order chi connectivity index (χ0) is 22.5. The lowest BCUT2D eigenvalue weighted by Gasteiger charge is -2.19. The quantitative estimate of drug-likeness (QED) is 0.188. The molecule has 0 aliphatic heterocycles. The third-order valence-electron chi connectivity index (χ3n) is 6.22. The molecule has 4 heteroatoms. The molecule has 2 aromatic heterocycles. The molecule has 3 nitrogen and oxygen atoms in total. The second kappa shape index (κ2) is 7.65. The molecule has 0 bridgehead atoms. The highest BCUT2D eigenvalue weighted by Gasteiger charge is 2.16. The van der Waals surface area contributed by atoms with Crippen LogP contribution >= 0.6 is 11.3 Å². The normalized spacial score (nSPS) is 11.5. The highest BCUT2D eigenvalue weighted by atomic mass is 32.1. The Labute approximate surface area is 200 Å². The molecule has 0 saturated heterocycles. The van der Waals surface area contributed by atoms with Gasteiger partial charge in [0.25, 0.3) is 0 Å². The van der Waals surface area contributed by atoms with Crippen LogP contribution in [0.2, 0.25) is 0 Å². The van der Waals surface area contributed by atoms with Crippen molar-refractivity contribution >= 4 is 54.0 Å². The van der Waals surface area contributed by atoms with E-state index in [9.17, 15) is 0 Å². The van der Waals surface area contributed by atoms with Crippen LogP contribution in [0.4, 0.5) is 0 Å². The van der Waals surface area contributed by atoms with Crippen LogP contribution in [-0.2, 0) is 0 Å². The molecule has 2 heterocycles. The standard InChI is InChI=1S/C30H20N2OS/c1-3-11-21(12-4-1)31-23-15-7-9-17-27(23)33-29-25(31)19-20-26-30(29)34-28-18-10-8-16-24(28)32(26)22-13-5-2-6-14-22/h1-20H. The second-order valence-corrected chi connectivity index (χ2v) is 9.30. The molecule has 0 amide bonds. The lowest BCUT2D eigenvalue weighted by molar-refractivity contribution is 0.657. The molecule has 0 fully saturated rings. The molecule has 0 unspecified atom stereocenters. The van der Waals surface area contributed by atoms with Crippen molar-refractivity contribution in [3.8, 4) is 11.4 Å². The van der Waals surface area contributed by atoms with Crippen LogP contribution < -0.4 is 0 Å². The number of fused-ring (bicyclic) bond motifs is 5. The zero-order valence-corrected chi connectivity index (χ0v) is 19.1. The van der Waals surface area contributed by atoms with E-state index in [1.54, 1.807) is 11.3 Å². The third kappa shape index (κ3) is 2.89. The van der Waals surface area contributed by atoms with Crippen molar-refractivity contribution in [1.82, 2.24) is 9.13 Å². The van der Waals surface area contributed by atoms with E-state index in [0.717, 1.165) is 43.8 Å². The molecule has 0 spiro atoms. The van der Waals surface area contributed by atoms with Crippen LogP contribution in [0, 0.1) is 0 Å². The van der Waals surface area contributed by atoms with E-state index in [1.807, 2.05) is 18.2 Å². The molecule has 7 aromatic rings. The Hall–Kier alpha value is -4.28. The molecular weight excluding hydrogens is 436 g/mol. The van der Waals surface area contributed by atoms with Crippen LogP contribution in [0.15, 0.2) is 126 Å². The molecule has 0 aliphatic rings. The predicted molar refractivity (Wildman–Crippen MR) is 143 cm³/mol. The van der Waals surface area contributed by atoms with Gasteiger partial charge in [-0.1, -0.05) is 60.7 Å². The maximum Gasteiger partial charge on any atom is 0.170 e. The maximum atomic E-state index is 6.64. The minimum Gasteiger partial charge on any atom is -0.451 e. The lowest BCUT2D eigenvalue weighted by Crippen LogP contribution is -2.02. The number of hydrogen-bond donors (Lipinski definition) is 0. The first-order chi connectivity index (χ1) is 16.9. The summed E-state index contributed by atoms with van der Waals surface area (Å²) in [6.07, 6.45) is 0. The van der Waals surface area contributed by atoms with Gasteiger partial charge in [-0.15, -0.1) is 11.3 Å². The lowest BCUT2D eigenvalue weighted by atomic mass is 10.2. The predicted octanol–water partition coefficient (Wildman–Crippen LogP) is 8.66. The van der Waals surface area contributed by atoms with Crippen molar-refractivity contribution in [3.05, 3.63) is 121 Å². The summed E-state index contributed by atoms with van der Waals surface area (Å²) >= 11 is 1.77. The molecule has 0 atom stereocenters. The average molecular weight is 457 g/mol. The number of para-hydroxylation sites is 5. The van der Waals surface area contributed by atoms with Crippen molar-refractivity contribution < 1.29 is 4.42 Å². The SMILES string of the molecule is c1ccc(-n2c3ccccc3oc3c4sc5ccccc5n(-c5ccccc5)c4ccc32)cc1. The fourth-order valence-electron chi connectivity index (χ4n) is 4.74. The average Bonchev–Trinajstić information content (AvgIpc) is 2.91. The van der Waals surface area contributed by atoms with E-state index in [2.05, 4.69) is 112 Å². The maximum absolute atomic E-state index is 6.64. The van der Waals surface area contributed by atoms with Gasteiger partial charge < -0.3 is 13.6 Å². The van der Waals surface area contributed by atoms with Gasteiger partial charge in [0.15, 0.2) is 11.2 Å². The first kappa shape index (κ1) is 19.2. The van der Waals surface area contributed by atoms with Crippen molar-refractivity contribution in [1.29, 1.82) is 0 Å². The van der Waals surface area contributed by atoms with E-state index < -0.39 is 0 Å². The van der Waals surface area contributed by atoms with Crippen molar-refractivity contribution in [2.24, 2.45) is 0 Å². The van der Waals surface area contributed by atoms with Crippen LogP contribution in [0.1, 0.15) is 0 Å². The highest BCUT2D eigenvalue weighted by Crippen LogP contribution is 2.38. The Bertz CT molecular complexity index is 1710. The largest absolute Gasteiger partial charge is 0.451 e. The molecular formula is C30H20N2OS. The molecule has 162 valence electrons.